The van der Waals surface area contributed by atoms with E-state index in [4.69, 9.17) is 9.84 Å². The van der Waals surface area contributed by atoms with Crippen LogP contribution in [-0.4, -0.2) is 35.3 Å². The van der Waals surface area contributed by atoms with Crippen LogP contribution >= 0.6 is 11.3 Å². The summed E-state index contributed by atoms with van der Waals surface area (Å²) in [5.41, 5.74) is -0.197. The minimum atomic E-state index is -4.45. The van der Waals surface area contributed by atoms with Crippen molar-refractivity contribution in [3.8, 4) is 5.75 Å². The van der Waals surface area contributed by atoms with Crippen molar-refractivity contribution in [1.82, 2.24) is 4.98 Å². The molecule has 0 amide bonds. The molecule has 0 spiro atoms. The number of hydrogen-bond acceptors (Lipinski definition) is 5. The van der Waals surface area contributed by atoms with Gasteiger partial charge in [-0.05, 0) is 18.2 Å². The fourth-order valence-corrected chi connectivity index (χ4v) is 3.65. The van der Waals surface area contributed by atoms with Gasteiger partial charge in [-0.1, -0.05) is 12.1 Å². The molecule has 1 aromatic heterocycles. The Morgan fingerprint density at radius 2 is 2.00 bits per heavy atom. The fourth-order valence-electron chi connectivity index (χ4n) is 2.80. The van der Waals surface area contributed by atoms with Crippen LogP contribution in [0, 0.1) is 0 Å². The number of benzene rings is 1. The first-order valence-electron chi connectivity index (χ1n) is 8.27. The zero-order valence-electron chi connectivity index (χ0n) is 14.1. The lowest BCUT2D eigenvalue weighted by Gasteiger charge is -2.32. The van der Waals surface area contributed by atoms with E-state index in [9.17, 15) is 18.0 Å². The molecule has 1 N–H and O–H groups in total. The number of rotatable bonds is 5. The molecule has 9 heteroatoms. The molecule has 144 valence electrons. The number of aromatic nitrogens is 1. The summed E-state index contributed by atoms with van der Waals surface area (Å²) in [6.45, 7) is 1.21. The summed E-state index contributed by atoms with van der Waals surface area (Å²) in [5, 5.41) is 11.2. The van der Waals surface area contributed by atoms with Crippen LogP contribution in [0.3, 0.4) is 0 Å². The lowest BCUT2D eigenvalue weighted by molar-refractivity contribution is -0.139. The zero-order chi connectivity index (χ0) is 19.4. The number of hydrogen-bond donors (Lipinski definition) is 1. The first-order valence-corrected chi connectivity index (χ1v) is 9.15. The van der Waals surface area contributed by atoms with Gasteiger partial charge < -0.3 is 14.7 Å². The molecule has 0 aliphatic carbocycles. The van der Waals surface area contributed by atoms with Gasteiger partial charge in [-0.15, -0.1) is 11.3 Å². The van der Waals surface area contributed by atoms with E-state index in [2.05, 4.69) is 4.98 Å². The first-order chi connectivity index (χ1) is 12.8. The molecule has 1 aliphatic heterocycles. The number of anilines is 1. The average molecular weight is 398 g/mol. The van der Waals surface area contributed by atoms with Crippen LogP contribution in [0.15, 0.2) is 35.7 Å². The molecule has 5 nitrogen and oxygen atoms in total. The highest BCUT2D eigenvalue weighted by Crippen LogP contribution is 2.37. The Labute approximate surface area is 157 Å². The van der Waals surface area contributed by atoms with E-state index < -0.39 is 17.7 Å². The molecule has 2 aromatic rings. The number of thiazole rings is 1. The summed E-state index contributed by atoms with van der Waals surface area (Å²) in [6, 6.07) is 5.24. The predicted molar refractivity (Wildman–Crippen MR) is 96.1 cm³/mol. The van der Waals surface area contributed by atoms with Crippen molar-refractivity contribution in [2.24, 2.45) is 0 Å². The molecule has 27 heavy (non-hydrogen) atoms. The van der Waals surface area contributed by atoms with Crippen molar-refractivity contribution < 1.29 is 27.8 Å². The molecule has 0 unspecified atom stereocenters. The molecule has 1 aliphatic rings. The maximum atomic E-state index is 13.1. The van der Waals surface area contributed by atoms with Crippen molar-refractivity contribution in [2.75, 3.05) is 18.0 Å². The Morgan fingerprint density at radius 1 is 1.30 bits per heavy atom. The lowest BCUT2D eigenvalue weighted by atomic mass is 10.1. The van der Waals surface area contributed by atoms with Crippen LogP contribution in [-0.2, 0) is 11.0 Å². The Balaban J connectivity index is 1.59. The molecule has 0 atom stereocenters. The highest BCUT2D eigenvalue weighted by atomic mass is 32.1. The van der Waals surface area contributed by atoms with Gasteiger partial charge in [-0.2, -0.15) is 13.2 Å². The average Bonchev–Trinajstić information content (AvgIpc) is 3.09. The second-order valence-corrected chi connectivity index (χ2v) is 6.86. The number of ether oxygens (including phenoxy) is 1. The van der Waals surface area contributed by atoms with Gasteiger partial charge in [0.2, 0.25) is 0 Å². The number of carboxylic acids is 1. The number of halogens is 3. The van der Waals surface area contributed by atoms with Gasteiger partial charge in [0, 0.05) is 37.4 Å². The number of carbonyl (C=O) groups is 1. The van der Waals surface area contributed by atoms with Gasteiger partial charge in [0.1, 0.15) is 11.9 Å². The van der Waals surface area contributed by atoms with Crippen molar-refractivity contribution in [3.63, 3.8) is 0 Å². The van der Waals surface area contributed by atoms with Gasteiger partial charge in [-0.3, -0.25) is 0 Å². The molecule has 3 rings (SSSR count). The van der Waals surface area contributed by atoms with E-state index in [1.807, 2.05) is 4.90 Å². The monoisotopic (exact) mass is 398 g/mol. The zero-order valence-corrected chi connectivity index (χ0v) is 15.0. The van der Waals surface area contributed by atoms with Crippen molar-refractivity contribution in [3.05, 3.63) is 47.0 Å². The number of piperidine rings is 1. The Hall–Kier alpha value is -2.55. The molecule has 0 radical (unpaired) electrons. The largest absolute Gasteiger partial charge is 0.490 e. The highest BCUT2D eigenvalue weighted by molar-refractivity contribution is 7.13. The summed E-state index contributed by atoms with van der Waals surface area (Å²) in [5.74, 6) is -1.18. The number of nitrogens with zero attached hydrogens (tertiary/aromatic N) is 2. The van der Waals surface area contributed by atoms with Crippen molar-refractivity contribution >= 4 is 28.5 Å². The van der Waals surface area contributed by atoms with Crippen LogP contribution in [0.4, 0.5) is 18.3 Å². The normalized spacial score (nSPS) is 16.0. The van der Waals surface area contributed by atoms with Crippen LogP contribution in [0.5, 0.6) is 5.75 Å². The van der Waals surface area contributed by atoms with Crippen LogP contribution in [0.1, 0.15) is 24.1 Å². The van der Waals surface area contributed by atoms with Crippen molar-refractivity contribution in [2.45, 2.75) is 25.1 Å². The molecule has 0 bridgehead atoms. The van der Waals surface area contributed by atoms with Crippen LogP contribution < -0.4 is 9.64 Å². The molecule has 1 aromatic carbocycles. The summed E-state index contributed by atoms with van der Waals surface area (Å²) in [4.78, 5) is 16.9. The minimum absolute atomic E-state index is 0.140. The smallest absolute Gasteiger partial charge is 0.419 e. The van der Waals surface area contributed by atoms with Gasteiger partial charge >= 0.3 is 12.1 Å². The van der Waals surface area contributed by atoms with Crippen LogP contribution in [0.25, 0.3) is 6.08 Å². The molecular formula is C18H17F3N2O3S. The predicted octanol–water partition coefficient (Wildman–Crippen LogP) is 4.31. The van der Waals surface area contributed by atoms with Gasteiger partial charge in [0.25, 0.3) is 0 Å². The van der Waals surface area contributed by atoms with E-state index in [0.717, 1.165) is 17.3 Å². The standard InChI is InChI=1S/C18H17F3N2O3S/c19-18(20,21)14-3-1-2-4-15(14)26-13-7-9-23(10-8-13)17-22-12(11-27-17)5-6-16(24)25/h1-6,11,13H,7-10H2,(H,24,25). The first kappa shape index (κ1) is 19.2. The molecular weight excluding hydrogens is 381 g/mol. The third-order valence-corrected chi connectivity index (χ3v) is 5.02. The van der Waals surface area contributed by atoms with Gasteiger partial charge in [0.05, 0.1) is 11.3 Å². The second kappa shape index (κ2) is 7.99. The van der Waals surface area contributed by atoms with Crippen molar-refractivity contribution in [1.29, 1.82) is 0 Å². The Kier molecular flexibility index (Phi) is 5.69. The van der Waals surface area contributed by atoms with Crippen LogP contribution in [0.2, 0.25) is 0 Å². The molecule has 2 heterocycles. The summed E-state index contributed by atoms with van der Waals surface area (Å²) < 4.78 is 44.8. The number of aliphatic carboxylic acids is 1. The minimum Gasteiger partial charge on any atom is -0.490 e. The van der Waals surface area contributed by atoms with Gasteiger partial charge in [-0.25, -0.2) is 9.78 Å². The molecule has 1 saturated heterocycles. The lowest BCUT2D eigenvalue weighted by Crippen LogP contribution is -2.38. The Bertz CT molecular complexity index is 827. The second-order valence-electron chi connectivity index (χ2n) is 6.02. The van der Waals surface area contributed by atoms with E-state index in [1.165, 1.54) is 35.6 Å². The van der Waals surface area contributed by atoms with Gasteiger partial charge in [0.15, 0.2) is 5.13 Å². The SMILES string of the molecule is O=C(O)C=Cc1csc(N2CCC(Oc3ccccc3C(F)(F)F)CC2)n1. The quantitative estimate of drug-likeness (QED) is 0.761. The number of para-hydroxylation sites is 1. The molecule has 0 saturated carbocycles. The maximum absolute atomic E-state index is 13.1. The van der Waals surface area contributed by atoms with E-state index in [-0.39, 0.29) is 11.9 Å². The summed E-state index contributed by atoms with van der Waals surface area (Å²) in [7, 11) is 0. The highest BCUT2D eigenvalue weighted by Gasteiger charge is 2.35. The topological polar surface area (TPSA) is 62.7 Å². The summed E-state index contributed by atoms with van der Waals surface area (Å²) >= 11 is 1.40. The maximum Gasteiger partial charge on any atom is 0.419 e. The third-order valence-electron chi connectivity index (χ3n) is 4.11. The van der Waals surface area contributed by atoms with E-state index >= 15 is 0 Å². The number of alkyl halides is 3. The van der Waals surface area contributed by atoms with E-state index in [1.54, 1.807) is 5.38 Å². The van der Waals surface area contributed by atoms with E-state index in [0.29, 0.717) is 31.6 Å². The fraction of sp³-hybridized carbons (Fsp3) is 0.333. The number of carboxylic acid groups (broad SMARTS) is 1. The molecule has 1 fully saturated rings. The summed E-state index contributed by atoms with van der Waals surface area (Å²) in [6.07, 6.45) is -1.14. The third kappa shape index (κ3) is 5.00. The Morgan fingerprint density at radius 3 is 2.67 bits per heavy atom.